The fraction of sp³-hybridized carbons (Fsp3) is 0.867. The van der Waals surface area contributed by atoms with Crippen molar-refractivity contribution in [1.29, 1.82) is 0 Å². The molecule has 21 heavy (non-hydrogen) atoms. The van der Waals surface area contributed by atoms with Crippen LogP contribution >= 0.6 is 11.8 Å². The molecule has 1 rings (SSSR count). The molecule has 1 aliphatic rings. The minimum Gasteiger partial charge on any atom is -0.481 e. The lowest BCUT2D eigenvalue weighted by atomic mass is 9.88. The second kappa shape index (κ2) is 9.18. The summed E-state index contributed by atoms with van der Waals surface area (Å²) in [5.74, 6) is 2.04. The molecule has 0 radical (unpaired) electrons. The van der Waals surface area contributed by atoms with Crippen LogP contribution in [0.1, 0.15) is 40.0 Å². The summed E-state index contributed by atoms with van der Waals surface area (Å²) in [5.41, 5.74) is 0. The number of aliphatic carboxylic acids is 1. The van der Waals surface area contributed by atoms with E-state index in [0.717, 1.165) is 24.5 Å². The Kier molecular flexibility index (Phi) is 7.93. The van der Waals surface area contributed by atoms with Gasteiger partial charge in [-0.05, 0) is 31.6 Å². The highest BCUT2D eigenvalue weighted by molar-refractivity contribution is 7.99. The summed E-state index contributed by atoms with van der Waals surface area (Å²) in [6.45, 7) is 7.73. The number of amides is 2. The number of rotatable bonds is 7. The van der Waals surface area contributed by atoms with Crippen molar-refractivity contribution in [1.82, 2.24) is 10.2 Å². The fourth-order valence-electron chi connectivity index (χ4n) is 2.61. The number of nitrogens with zero attached hydrogens (tertiary/aromatic N) is 1. The number of hydrogen-bond donors (Lipinski definition) is 2. The third kappa shape index (κ3) is 6.59. The summed E-state index contributed by atoms with van der Waals surface area (Å²) in [6, 6.07) is 0.306. The summed E-state index contributed by atoms with van der Waals surface area (Å²) >= 11 is 1.89. The first-order valence-electron chi connectivity index (χ1n) is 7.75. The predicted octanol–water partition coefficient (Wildman–Crippen LogP) is 2.66. The van der Waals surface area contributed by atoms with E-state index < -0.39 is 5.97 Å². The van der Waals surface area contributed by atoms with Gasteiger partial charge in [-0.2, -0.15) is 11.8 Å². The minimum atomic E-state index is -0.746. The lowest BCUT2D eigenvalue weighted by Crippen LogP contribution is -2.49. The zero-order valence-electron chi connectivity index (χ0n) is 13.3. The molecule has 0 bridgehead atoms. The highest BCUT2D eigenvalue weighted by Crippen LogP contribution is 2.21. The van der Waals surface area contributed by atoms with Crippen LogP contribution in [-0.2, 0) is 4.79 Å². The summed E-state index contributed by atoms with van der Waals surface area (Å²) < 4.78 is 0. The molecular weight excluding hydrogens is 288 g/mol. The van der Waals surface area contributed by atoms with Crippen LogP contribution in [0.5, 0.6) is 0 Å². The molecule has 1 aliphatic heterocycles. The largest absolute Gasteiger partial charge is 0.481 e. The number of hydrogen-bond acceptors (Lipinski definition) is 3. The van der Waals surface area contributed by atoms with Crippen LogP contribution in [-0.4, -0.2) is 52.6 Å². The number of urea groups is 1. The molecular formula is C15H28N2O3S. The Hall–Kier alpha value is -0.910. The molecule has 0 aromatic heterocycles. The van der Waals surface area contributed by atoms with Crippen LogP contribution in [0.15, 0.2) is 0 Å². The maximum atomic E-state index is 12.1. The fourth-order valence-corrected chi connectivity index (χ4v) is 3.63. The predicted molar refractivity (Wildman–Crippen MR) is 86.7 cm³/mol. The molecule has 0 aliphatic carbocycles. The van der Waals surface area contributed by atoms with E-state index in [9.17, 15) is 9.59 Å². The topological polar surface area (TPSA) is 69.6 Å². The monoisotopic (exact) mass is 316 g/mol. The number of carbonyl (C=O) groups is 2. The molecule has 2 unspecified atom stereocenters. The lowest BCUT2D eigenvalue weighted by Gasteiger charge is -2.33. The average molecular weight is 316 g/mol. The highest BCUT2D eigenvalue weighted by Gasteiger charge is 2.23. The van der Waals surface area contributed by atoms with E-state index in [4.69, 9.17) is 5.11 Å². The van der Waals surface area contributed by atoms with Crippen molar-refractivity contribution in [3.8, 4) is 0 Å². The van der Waals surface area contributed by atoms with Gasteiger partial charge in [0.25, 0.3) is 0 Å². The Balaban J connectivity index is 2.32. The van der Waals surface area contributed by atoms with Gasteiger partial charge >= 0.3 is 12.0 Å². The van der Waals surface area contributed by atoms with E-state index in [2.05, 4.69) is 26.1 Å². The molecule has 6 heteroatoms. The number of carboxylic acids is 1. The first kappa shape index (κ1) is 18.1. The van der Waals surface area contributed by atoms with Crippen molar-refractivity contribution >= 4 is 23.8 Å². The molecule has 2 atom stereocenters. The van der Waals surface area contributed by atoms with Crippen molar-refractivity contribution < 1.29 is 14.7 Å². The van der Waals surface area contributed by atoms with Crippen molar-refractivity contribution in [2.24, 2.45) is 11.8 Å². The second-order valence-corrected chi connectivity index (χ2v) is 7.22. The van der Waals surface area contributed by atoms with Crippen LogP contribution in [0.25, 0.3) is 0 Å². The second-order valence-electron chi connectivity index (χ2n) is 6.07. The van der Waals surface area contributed by atoms with E-state index in [-0.39, 0.29) is 18.5 Å². The number of thioether (sulfide) groups is 1. The van der Waals surface area contributed by atoms with Gasteiger partial charge < -0.3 is 15.3 Å². The SMILES string of the molecule is CC(C)C(CCNC(=O)N1CCSCC1C)CCC(=O)O. The van der Waals surface area contributed by atoms with Gasteiger partial charge in [0.1, 0.15) is 0 Å². The van der Waals surface area contributed by atoms with Crippen LogP contribution < -0.4 is 5.32 Å². The quantitative estimate of drug-likeness (QED) is 0.757. The van der Waals surface area contributed by atoms with Gasteiger partial charge in [-0.1, -0.05) is 13.8 Å². The molecule has 1 heterocycles. The molecule has 0 aromatic rings. The van der Waals surface area contributed by atoms with Gasteiger partial charge in [-0.15, -0.1) is 0 Å². The first-order valence-corrected chi connectivity index (χ1v) is 8.91. The summed E-state index contributed by atoms with van der Waals surface area (Å²) in [4.78, 5) is 24.7. The average Bonchev–Trinajstić information content (AvgIpc) is 2.42. The smallest absolute Gasteiger partial charge is 0.317 e. The van der Waals surface area contributed by atoms with E-state index in [1.807, 2.05) is 16.7 Å². The third-order valence-electron chi connectivity index (χ3n) is 4.09. The summed E-state index contributed by atoms with van der Waals surface area (Å²) in [5, 5.41) is 11.8. The molecule has 5 nitrogen and oxygen atoms in total. The van der Waals surface area contributed by atoms with Gasteiger partial charge in [0.2, 0.25) is 0 Å². The van der Waals surface area contributed by atoms with E-state index in [1.54, 1.807) is 0 Å². The number of carboxylic acid groups (broad SMARTS) is 1. The molecule has 0 aromatic carbocycles. The molecule has 1 fully saturated rings. The van der Waals surface area contributed by atoms with Crippen LogP contribution in [0.3, 0.4) is 0 Å². The van der Waals surface area contributed by atoms with Gasteiger partial charge in [0.15, 0.2) is 0 Å². The van der Waals surface area contributed by atoms with Crippen LogP contribution in [0.2, 0.25) is 0 Å². The zero-order valence-corrected chi connectivity index (χ0v) is 14.1. The standard InChI is InChI=1S/C15H28N2O3S/c1-11(2)13(4-5-14(18)19)6-7-16-15(20)17-8-9-21-10-12(17)3/h11-13H,4-10H2,1-3H3,(H,16,20)(H,18,19). The third-order valence-corrected chi connectivity index (χ3v) is 5.28. The Morgan fingerprint density at radius 3 is 2.67 bits per heavy atom. The maximum Gasteiger partial charge on any atom is 0.317 e. The van der Waals surface area contributed by atoms with Crippen molar-refractivity contribution in [3.63, 3.8) is 0 Å². The van der Waals surface area contributed by atoms with Crippen molar-refractivity contribution in [2.75, 3.05) is 24.6 Å². The molecule has 122 valence electrons. The molecule has 0 spiro atoms. The normalized spacial score (nSPS) is 20.4. The lowest BCUT2D eigenvalue weighted by molar-refractivity contribution is -0.137. The zero-order chi connectivity index (χ0) is 15.8. The maximum absolute atomic E-state index is 12.1. The van der Waals surface area contributed by atoms with Gasteiger partial charge in [-0.25, -0.2) is 4.79 Å². The van der Waals surface area contributed by atoms with E-state index >= 15 is 0 Å². The molecule has 2 amide bonds. The summed E-state index contributed by atoms with van der Waals surface area (Å²) in [7, 11) is 0. The molecule has 2 N–H and O–H groups in total. The van der Waals surface area contributed by atoms with Crippen molar-refractivity contribution in [3.05, 3.63) is 0 Å². The van der Waals surface area contributed by atoms with Gasteiger partial charge in [-0.3, -0.25) is 4.79 Å². The first-order chi connectivity index (χ1) is 9.91. The van der Waals surface area contributed by atoms with E-state index in [1.165, 1.54) is 0 Å². The van der Waals surface area contributed by atoms with Gasteiger partial charge in [0, 0.05) is 37.1 Å². The summed E-state index contributed by atoms with van der Waals surface area (Å²) in [6.07, 6.45) is 1.73. The molecule has 1 saturated heterocycles. The van der Waals surface area contributed by atoms with Crippen LogP contribution in [0.4, 0.5) is 4.79 Å². The number of carbonyl (C=O) groups excluding carboxylic acids is 1. The Morgan fingerprint density at radius 2 is 2.10 bits per heavy atom. The Bertz CT molecular complexity index is 350. The number of nitrogens with one attached hydrogen (secondary N) is 1. The van der Waals surface area contributed by atoms with E-state index in [0.29, 0.717) is 24.8 Å². The van der Waals surface area contributed by atoms with Gasteiger partial charge in [0.05, 0.1) is 0 Å². The van der Waals surface area contributed by atoms with Crippen molar-refractivity contribution in [2.45, 2.75) is 46.1 Å². The molecule has 0 saturated carbocycles. The Morgan fingerprint density at radius 1 is 1.38 bits per heavy atom. The van der Waals surface area contributed by atoms with Crippen LogP contribution in [0, 0.1) is 11.8 Å². The Labute approximate surface area is 131 Å². The minimum absolute atomic E-state index is 0.0172. The highest BCUT2D eigenvalue weighted by atomic mass is 32.2.